The van der Waals surface area contributed by atoms with Crippen LogP contribution in [0.15, 0.2) is 11.1 Å². The van der Waals surface area contributed by atoms with Crippen LogP contribution in [0.3, 0.4) is 0 Å². The highest BCUT2D eigenvalue weighted by Gasteiger charge is 2.60. The first-order valence-electron chi connectivity index (χ1n) is 9.30. The van der Waals surface area contributed by atoms with Crippen LogP contribution in [-0.4, -0.2) is 16.5 Å². The van der Waals surface area contributed by atoms with Crippen LogP contribution >= 0.6 is 0 Å². The molecule has 0 heterocycles. The Kier molecular flexibility index (Phi) is 3.18. The molecule has 0 saturated heterocycles. The van der Waals surface area contributed by atoms with Gasteiger partial charge in [-0.2, -0.15) is 0 Å². The van der Waals surface area contributed by atoms with Gasteiger partial charge in [-0.05, 0) is 93.5 Å². The number of hydrogen-bond acceptors (Lipinski definition) is 2. The first kappa shape index (κ1) is 14.9. The summed E-state index contributed by atoms with van der Waals surface area (Å²) >= 11 is 0. The molecule has 1 N–H and O–H groups in total. The minimum atomic E-state index is -0.475. The molecule has 0 amide bonds. The van der Waals surface area contributed by atoms with Crippen molar-refractivity contribution < 1.29 is 9.90 Å². The number of carbonyl (C=O) groups excluding carboxylic acids is 1. The third kappa shape index (κ3) is 1.79. The lowest BCUT2D eigenvalue weighted by molar-refractivity contribution is -0.119. The Balaban J connectivity index is 1.67. The normalized spacial score (nSPS) is 51.4. The molecule has 6 atom stereocenters. The van der Waals surface area contributed by atoms with Crippen molar-refractivity contribution in [3.63, 3.8) is 0 Å². The second-order valence-corrected chi connectivity index (χ2v) is 8.96. The summed E-state index contributed by atoms with van der Waals surface area (Å²) in [7, 11) is 0. The molecule has 3 fully saturated rings. The van der Waals surface area contributed by atoms with Crippen molar-refractivity contribution in [3.8, 4) is 0 Å². The third-order valence-corrected chi connectivity index (χ3v) is 8.35. The molecule has 4 aliphatic carbocycles. The summed E-state index contributed by atoms with van der Waals surface area (Å²) in [5.74, 6) is 3.32. The minimum Gasteiger partial charge on any atom is -0.390 e. The first-order chi connectivity index (χ1) is 10.3. The lowest BCUT2D eigenvalue weighted by Gasteiger charge is -2.55. The molecule has 4 aliphatic rings. The molecule has 2 nitrogen and oxygen atoms in total. The van der Waals surface area contributed by atoms with E-state index in [-0.39, 0.29) is 5.41 Å². The SMILES string of the molecule is CC1=C2CCC3C(CCC4(C)C3CCC4(C)O)C2CCC1=O. The van der Waals surface area contributed by atoms with Crippen LogP contribution < -0.4 is 0 Å². The predicted octanol–water partition coefficient (Wildman–Crippen LogP) is 4.27. The minimum absolute atomic E-state index is 0.120. The monoisotopic (exact) mass is 302 g/mol. The molecule has 6 unspecified atom stereocenters. The third-order valence-electron chi connectivity index (χ3n) is 8.35. The molecule has 3 saturated carbocycles. The Morgan fingerprint density at radius 3 is 2.55 bits per heavy atom. The predicted molar refractivity (Wildman–Crippen MR) is 87.3 cm³/mol. The number of hydrogen-bond donors (Lipinski definition) is 1. The first-order valence-corrected chi connectivity index (χ1v) is 9.30. The molecular weight excluding hydrogens is 272 g/mol. The topological polar surface area (TPSA) is 37.3 Å². The summed E-state index contributed by atoms with van der Waals surface area (Å²) < 4.78 is 0. The maximum absolute atomic E-state index is 12.0. The van der Waals surface area contributed by atoms with E-state index in [0.717, 1.165) is 43.1 Å². The molecular formula is C20H30O2. The zero-order valence-corrected chi connectivity index (χ0v) is 14.3. The highest BCUT2D eigenvalue weighted by atomic mass is 16.3. The molecule has 0 aromatic carbocycles. The van der Waals surface area contributed by atoms with Gasteiger partial charge in [-0.1, -0.05) is 12.5 Å². The molecule has 0 aromatic heterocycles. The van der Waals surface area contributed by atoms with Gasteiger partial charge in [-0.25, -0.2) is 0 Å². The van der Waals surface area contributed by atoms with E-state index < -0.39 is 5.60 Å². The van der Waals surface area contributed by atoms with E-state index in [1.165, 1.54) is 31.3 Å². The van der Waals surface area contributed by atoms with Gasteiger partial charge in [0.1, 0.15) is 0 Å². The van der Waals surface area contributed by atoms with Gasteiger partial charge in [0.25, 0.3) is 0 Å². The average Bonchev–Trinajstić information content (AvgIpc) is 2.73. The maximum Gasteiger partial charge on any atom is 0.158 e. The number of rotatable bonds is 0. The second-order valence-electron chi connectivity index (χ2n) is 8.96. The summed E-state index contributed by atoms with van der Waals surface area (Å²) in [4.78, 5) is 12.0. The summed E-state index contributed by atoms with van der Waals surface area (Å²) in [5, 5.41) is 10.9. The van der Waals surface area contributed by atoms with Gasteiger partial charge >= 0.3 is 0 Å². The van der Waals surface area contributed by atoms with E-state index in [4.69, 9.17) is 0 Å². The van der Waals surface area contributed by atoms with E-state index >= 15 is 0 Å². The van der Waals surface area contributed by atoms with Crippen LogP contribution in [0.1, 0.15) is 72.1 Å². The highest BCUT2D eigenvalue weighted by Crippen LogP contribution is 2.64. The smallest absolute Gasteiger partial charge is 0.158 e. The lowest BCUT2D eigenvalue weighted by atomic mass is 9.50. The molecule has 0 aromatic rings. The zero-order chi connectivity index (χ0) is 15.7. The van der Waals surface area contributed by atoms with Crippen LogP contribution in [0.5, 0.6) is 0 Å². The Morgan fingerprint density at radius 2 is 1.77 bits per heavy atom. The van der Waals surface area contributed by atoms with Crippen molar-refractivity contribution in [3.05, 3.63) is 11.1 Å². The molecule has 0 radical (unpaired) electrons. The molecule has 122 valence electrons. The summed E-state index contributed by atoms with van der Waals surface area (Å²) in [5.41, 5.74) is 2.25. The standard InChI is InChI=1S/C20H30O2/c1-12-13-4-5-16-15(14(13)6-7-18(12)21)8-10-19(2)17(16)9-11-20(19,3)22/h14-17,22H,4-11H2,1-3H3. The van der Waals surface area contributed by atoms with Gasteiger partial charge in [-0.3, -0.25) is 4.79 Å². The van der Waals surface area contributed by atoms with Crippen molar-refractivity contribution in [1.82, 2.24) is 0 Å². The average molecular weight is 302 g/mol. The van der Waals surface area contributed by atoms with Gasteiger partial charge < -0.3 is 5.11 Å². The van der Waals surface area contributed by atoms with Gasteiger partial charge in [0.2, 0.25) is 0 Å². The Hall–Kier alpha value is -0.630. The molecule has 0 spiro atoms. The van der Waals surface area contributed by atoms with Gasteiger partial charge in [0.15, 0.2) is 5.78 Å². The van der Waals surface area contributed by atoms with Gasteiger partial charge in [0.05, 0.1) is 5.60 Å². The zero-order valence-electron chi connectivity index (χ0n) is 14.3. The number of allylic oxidation sites excluding steroid dienone is 1. The van der Waals surface area contributed by atoms with E-state index in [1.807, 2.05) is 0 Å². The van der Waals surface area contributed by atoms with Crippen LogP contribution in [0, 0.1) is 29.1 Å². The number of fused-ring (bicyclic) bond motifs is 5. The molecule has 0 bridgehead atoms. The number of carbonyl (C=O) groups is 1. The lowest BCUT2D eigenvalue weighted by Crippen LogP contribution is -2.51. The number of aliphatic hydroxyl groups is 1. The van der Waals surface area contributed by atoms with E-state index in [0.29, 0.717) is 17.6 Å². The van der Waals surface area contributed by atoms with Crippen LogP contribution in [0.2, 0.25) is 0 Å². The Morgan fingerprint density at radius 1 is 1.00 bits per heavy atom. The van der Waals surface area contributed by atoms with Crippen molar-refractivity contribution in [2.45, 2.75) is 77.7 Å². The van der Waals surface area contributed by atoms with Crippen molar-refractivity contribution >= 4 is 5.78 Å². The van der Waals surface area contributed by atoms with Crippen molar-refractivity contribution in [1.29, 1.82) is 0 Å². The van der Waals surface area contributed by atoms with Crippen LogP contribution in [-0.2, 0) is 4.79 Å². The van der Waals surface area contributed by atoms with Gasteiger partial charge in [-0.15, -0.1) is 0 Å². The van der Waals surface area contributed by atoms with Crippen LogP contribution in [0.4, 0.5) is 0 Å². The van der Waals surface area contributed by atoms with Crippen molar-refractivity contribution in [2.75, 3.05) is 0 Å². The summed E-state index contributed by atoms with van der Waals surface area (Å²) in [6, 6.07) is 0. The number of ketones is 1. The van der Waals surface area contributed by atoms with Gasteiger partial charge in [0, 0.05) is 6.42 Å². The number of Topliss-reactive ketones (excluding diaryl/α,β-unsaturated/α-hetero) is 1. The second kappa shape index (κ2) is 4.69. The fourth-order valence-corrected chi connectivity index (χ4v) is 6.75. The summed E-state index contributed by atoms with van der Waals surface area (Å²) in [6.07, 6.45) is 8.84. The molecule has 22 heavy (non-hydrogen) atoms. The van der Waals surface area contributed by atoms with Crippen LogP contribution in [0.25, 0.3) is 0 Å². The van der Waals surface area contributed by atoms with E-state index in [9.17, 15) is 9.90 Å². The quantitative estimate of drug-likeness (QED) is 0.725. The van der Waals surface area contributed by atoms with E-state index in [2.05, 4.69) is 20.8 Å². The Labute approximate surface area is 134 Å². The largest absolute Gasteiger partial charge is 0.390 e. The van der Waals surface area contributed by atoms with E-state index in [1.54, 1.807) is 0 Å². The Bertz CT molecular complexity index is 544. The molecule has 2 heteroatoms. The molecule has 0 aliphatic heterocycles. The maximum atomic E-state index is 12.0. The van der Waals surface area contributed by atoms with Crippen molar-refractivity contribution in [2.24, 2.45) is 29.1 Å². The summed E-state index contributed by atoms with van der Waals surface area (Å²) in [6.45, 7) is 6.49. The molecule has 4 rings (SSSR count). The highest BCUT2D eigenvalue weighted by molar-refractivity contribution is 5.96. The fraction of sp³-hybridized carbons (Fsp3) is 0.850. The fourth-order valence-electron chi connectivity index (χ4n) is 6.75.